The van der Waals surface area contributed by atoms with Gasteiger partial charge in [0.15, 0.2) is 23.1 Å². The summed E-state index contributed by atoms with van der Waals surface area (Å²) in [4.78, 5) is 34.9. The van der Waals surface area contributed by atoms with Gasteiger partial charge in [-0.25, -0.2) is 13.3 Å². The van der Waals surface area contributed by atoms with E-state index in [0.717, 1.165) is 0 Å². The highest BCUT2D eigenvalue weighted by Crippen LogP contribution is 2.34. The van der Waals surface area contributed by atoms with Gasteiger partial charge in [-0.2, -0.15) is 5.10 Å². The average Bonchev–Trinajstić information content (AvgIpc) is 3.41. The molecule has 10 heteroatoms. The number of fused-ring (bicyclic) bond motifs is 1. The minimum absolute atomic E-state index is 0.0125. The van der Waals surface area contributed by atoms with Crippen LogP contribution in [-0.2, 0) is 6.42 Å². The molecule has 0 radical (unpaired) electrons. The molecule has 0 spiro atoms. The Bertz CT molecular complexity index is 1970. The second kappa shape index (κ2) is 10.6. The van der Waals surface area contributed by atoms with Crippen LogP contribution in [-0.4, -0.2) is 29.9 Å². The SMILES string of the molecule is Cc1ccn(-c2ccc(F)cc2)c(=O)c1C(=O)Cc1ccc(Oc2ccnn3ccc(-c4cnccn4)c23)c(F)c1. The lowest BCUT2D eigenvalue weighted by Crippen LogP contribution is -2.27. The smallest absolute Gasteiger partial charge is 0.266 e. The first-order valence-corrected chi connectivity index (χ1v) is 12.6. The summed E-state index contributed by atoms with van der Waals surface area (Å²) in [6.07, 6.45) is 9.37. The van der Waals surface area contributed by atoms with Gasteiger partial charge >= 0.3 is 0 Å². The van der Waals surface area contributed by atoms with Crippen LogP contribution in [0.5, 0.6) is 11.5 Å². The van der Waals surface area contributed by atoms with E-state index in [-0.39, 0.29) is 17.7 Å². The van der Waals surface area contributed by atoms with Gasteiger partial charge in [0.2, 0.25) is 0 Å². The molecule has 4 aromatic heterocycles. The molecule has 41 heavy (non-hydrogen) atoms. The molecular formula is C31H21F2N5O3. The third-order valence-electron chi connectivity index (χ3n) is 6.62. The van der Waals surface area contributed by atoms with Gasteiger partial charge in [-0.05, 0) is 66.6 Å². The normalized spacial score (nSPS) is 11.1. The summed E-state index contributed by atoms with van der Waals surface area (Å²) >= 11 is 0. The van der Waals surface area contributed by atoms with Crippen molar-refractivity contribution < 1.29 is 18.3 Å². The first kappa shape index (κ1) is 25.8. The summed E-state index contributed by atoms with van der Waals surface area (Å²) < 4.78 is 37.4. The molecule has 0 aliphatic rings. The Morgan fingerprint density at radius 3 is 2.51 bits per heavy atom. The molecule has 202 valence electrons. The van der Waals surface area contributed by atoms with Gasteiger partial charge in [0.1, 0.15) is 11.3 Å². The molecule has 8 nitrogen and oxygen atoms in total. The topological polar surface area (TPSA) is 91.4 Å². The number of ether oxygens (including phenoxy) is 1. The maximum absolute atomic E-state index is 15.2. The molecule has 0 fully saturated rings. The van der Waals surface area contributed by atoms with E-state index in [1.807, 2.05) is 6.07 Å². The van der Waals surface area contributed by atoms with Crippen LogP contribution < -0.4 is 10.3 Å². The Hall–Kier alpha value is -5.51. The van der Waals surface area contributed by atoms with Crippen LogP contribution >= 0.6 is 0 Å². The molecule has 0 N–H and O–H groups in total. The van der Waals surface area contributed by atoms with Gasteiger partial charge in [-0.1, -0.05) is 6.07 Å². The molecule has 0 saturated carbocycles. The molecule has 2 aromatic carbocycles. The molecule has 6 aromatic rings. The van der Waals surface area contributed by atoms with Crippen molar-refractivity contribution in [3.63, 3.8) is 0 Å². The highest BCUT2D eigenvalue weighted by molar-refractivity contribution is 5.98. The molecule has 0 aliphatic carbocycles. The average molecular weight is 550 g/mol. The predicted molar refractivity (Wildman–Crippen MR) is 147 cm³/mol. The largest absolute Gasteiger partial charge is 0.452 e. The third kappa shape index (κ3) is 4.98. The first-order chi connectivity index (χ1) is 19.9. The van der Waals surface area contributed by atoms with E-state index < -0.39 is 23.0 Å². The van der Waals surface area contributed by atoms with E-state index in [0.29, 0.717) is 39.3 Å². The summed E-state index contributed by atoms with van der Waals surface area (Å²) in [5.74, 6) is -1.27. The second-order valence-corrected chi connectivity index (χ2v) is 9.30. The van der Waals surface area contributed by atoms with Crippen molar-refractivity contribution >= 4 is 11.3 Å². The van der Waals surface area contributed by atoms with Gasteiger partial charge in [0.05, 0.1) is 23.7 Å². The number of hydrogen-bond acceptors (Lipinski definition) is 6. The maximum Gasteiger partial charge on any atom is 0.266 e. The minimum atomic E-state index is -0.675. The van der Waals surface area contributed by atoms with Crippen LogP contribution in [0.25, 0.3) is 22.5 Å². The van der Waals surface area contributed by atoms with Crippen molar-refractivity contribution in [3.05, 3.63) is 137 Å². The summed E-state index contributed by atoms with van der Waals surface area (Å²) in [5, 5.41) is 4.28. The predicted octanol–water partition coefficient (Wildman–Crippen LogP) is 5.75. The van der Waals surface area contributed by atoms with Gasteiger partial charge in [0, 0.05) is 48.5 Å². The number of nitrogens with zero attached hydrogens (tertiary/aromatic N) is 5. The number of carbonyl (C=O) groups excluding carboxylic acids is 1. The van der Waals surface area contributed by atoms with Crippen LogP contribution in [0.4, 0.5) is 8.78 Å². The Labute approximate surface area is 232 Å². The van der Waals surface area contributed by atoms with Crippen LogP contribution in [0.3, 0.4) is 0 Å². The Morgan fingerprint density at radius 1 is 0.927 bits per heavy atom. The fourth-order valence-electron chi connectivity index (χ4n) is 4.64. The number of hydrogen-bond donors (Lipinski definition) is 0. The molecule has 0 saturated heterocycles. The van der Waals surface area contributed by atoms with E-state index in [1.165, 1.54) is 53.4 Å². The van der Waals surface area contributed by atoms with Crippen molar-refractivity contribution in [3.8, 4) is 28.4 Å². The van der Waals surface area contributed by atoms with Crippen LogP contribution in [0.15, 0.2) is 103 Å². The van der Waals surface area contributed by atoms with E-state index in [9.17, 15) is 14.0 Å². The van der Waals surface area contributed by atoms with Gasteiger partial charge in [-0.15, -0.1) is 0 Å². The van der Waals surface area contributed by atoms with Crippen molar-refractivity contribution in [2.45, 2.75) is 13.3 Å². The summed E-state index contributed by atoms with van der Waals surface area (Å²) in [6, 6.07) is 14.7. The number of Topliss-reactive ketones (excluding diaryl/α,β-unsaturated/α-hetero) is 1. The van der Waals surface area contributed by atoms with E-state index in [1.54, 1.807) is 54.4 Å². The number of aromatic nitrogens is 5. The van der Waals surface area contributed by atoms with E-state index >= 15 is 4.39 Å². The zero-order valence-corrected chi connectivity index (χ0v) is 21.7. The number of ketones is 1. The van der Waals surface area contributed by atoms with E-state index in [4.69, 9.17) is 4.74 Å². The lowest BCUT2D eigenvalue weighted by Gasteiger charge is -2.12. The van der Waals surface area contributed by atoms with Crippen molar-refractivity contribution in [2.75, 3.05) is 0 Å². The zero-order valence-electron chi connectivity index (χ0n) is 21.7. The first-order valence-electron chi connectivity index (χ1n) is 12.6. The molecule has 4 heterocycles. The van der Waals surface area contributed by atoms with Gasteiger partial charge in [-0.3, -0.25) is 24.1 Å². The second-order valence-electron chi connectivity index (χ2n) is 9.30. The van der Waals surface area contributed by atoms with Gasteiger partial charge < -0.3 is 4.74 Å². The minimum Gasteiger partial charge on any atom is -0.452 e. The summed E-state index contributed by atoms with van der Waals surface area (Å²) in [7, 11) is 0. The monoisotopic (exact) mass is 549 g/mol. The van der Waals surface area contributed by atoms with Crippen molar-refractivity contribution in [2.24, 2.45) is 0 Å². The summed E-state index contributed by atoms with van der Waals surface area (Å²) in [5.41, 5.74) is 2.66. The molecule has 0 atom stereocenters. The van der Waals surface area contributed by atoms with Crippen LogP contribution in [0.1, 0.15) is 21.5 Å². The molecule has 0 bridgehead atoms. The maximum atomic E-state index is 15.2. The molecule has 0 aliphatic heterocycles. The number of pyridine rings is 1. The third-order valence-corrected chi connectivity index (χ3v) is 6.62. The van der Waals surface area contributed by atoms with Gasteiger partial charge in [0.25, 0.3) is 5.56 Å². The molecular weight excluding hydrogens is 528 g/mol. The number of rotatable bonds is 7. The number of benzene rings is 2. The Morgan fingerprint density at radius 2 is 1.76 bits per heavy atom. The van der Waals surface area contributed by atoms with Crippen LogP contribution in [0, 0.1) is 18.6 Å². The molecule has 0 unspecified atom stereocenters. The van der Waals surface area contributed by atoms with Crippen molar-refractivity contribution in [1.82, 2.24) is 24.1 Å². The van der Waals surface area contributed by atoms with Crippen molar-refractivity contribution in [1.29, 1.82) is 0 Å². The lowest BCUT2D eigenvalue weighted by atomic mass is 10.0. The number of aryl methyl sites for hydroxylation is 1. The fraction of sp³-hybridized carbons (Fsp3) is 0.0645. The quantitative estimate of drug-likeness (QED) is 0.236. The van der Waals surface area contributed by atoms with Crippen LogP contribution in [0.2, 0.25) is 0 Å². The molecule has 6 rings (SSSR count). The molecule has 0 amide bonds. The fourth-order valence-corrected chi connectivity index (χ4v) is 4.64. The van der Waals surface area contributed by atoms with E-state index in [2.05, 4.69) is 15.1 Å². The Balaban J connectivity index is 1.27. The lowest BCUT2D eigenvalue weighted by molar-refractivity contribution is 0.0990. The standard InChI is InChI=1S/C31H21F2N5O3/c1-19-9-14-37(22-5-3-21(32)4-6-22)31(40)29(19)26(39)17-20-2-7-27(24(33)16-20)41-28-8-11-36-38-15-10-23(30(28)38)25-18-34-12-13-35-25/h2-16,18H,17H2,1H3. The number of carbonyl (C=O) groups is 1. The number of halogens is 2. The zero-order chi connectivity index (χ0) is 28.5. The highest BCUT2D eigenvalue weighted by Gasteiger charge is 2.19. The summed E-state index contributed by atoms with van der Waals surface area (Å²) in [6.45, 7) is 1.66. The Kier molecular flexibility index (Phi) is 6.64. The highest BCUT2D eigenvalue weighted by atomic mass is 19.1.